The van der Waals surface area contributed by atoms with Crippen molar-refractivity contribution >= 4 is 17.5 Å². The van der Waals surface area contributed by atoms with Gasteiger partial charge in [-0.3, -0.25) is 4.79 Å². The molecule has 0 bridgehead atoms. The largest absolute Gasteiger partial charge is 0.349 e. The molecular weight excluding hydrogens is 236 g/mol. The van der Waals surface area contributed by atoms with Crippen LogP contribution in [0.1, 0.15) is 24.9 Å². The summed E-state index contributed by atoms with van der Waals surface area (Å²) in [5.74, 6) is 0.252. The van der Waals surface area contributed by atoms with Crippen LogP contribution in [0.2, 0.25) is 5.02 Å². The highest BCUT2D eigenvalue weighted by Crippen LogP contribution is 2.17. The predicted molar refractivity (Wildman–Crippen MR) is 69.0 cm³/mol. The van der Waals surface area contributed by atoms with Crippen LogP contribution in [0.15, 0.2) is 24.3 Å². The Morgan fingerprint density at radius 1 is 1.47 bits per heavy atom. The van der Waals surface area contributed by atoms with Gasteiger partial charge in [0.15, 0.2) is 0 Å². The highest BCUT2D eigenvalue weighted by molar-refractivity contribution is 6.30. The number of hydrogen-bond donors (Lipinski definition) is 2. The van der Waals surface area contributed by atoms with E-state index in [1.165, 1.54) is 0 Å². The quantitative estimate of drug-likeness (QED) is 0.865. The average molecular weight is 253 g/mol. The SMILES string of the molecule is C[C@H](NC(=O)C1CCNC1)c1ccc(Cl)cc1. The third kappa shape index (κ3) is 3.20. The average Bonchev–Trinajstić information content (AvgIpc) is 2.83. The second kappa shape index (κ2) is 5.52. The fourth-order valence-corrected chi connectivity index (χ4v) is 2.17. The van der Waals surface area contributed by atoms with Crippen molar-refractivity contribution in [2.75, 3.05) is 13.1 Å². The van der Waals surface area contributed by atoms with Gasteiger partial charge in [-0.05, 0) is 37.6 Å². The van der Waals surface area contributed by atoms with Gasteiger partial charge in [0.2, 0.25) is 5.91 Å². The molecule has 3 nitrogen and oxygen atoms in total. The van der Waals surface area contributed by atoms with Crippen LogP contribution in [0.4, 0.5) is 0 Å². The molecule has 92 valence electrons. The number of hydrogen-bond acceptors (Lipinski definition) is 2. The molecule has 1 aliphatic heterocycles. The first-order valence-electron chi connectivity index (χ1n) is 5.93. The predicted octanol–water partition coefficient (Wildman–Crippen LogP) is 2.13. The van der Waals surface area contributed by atoms with E-state index in [1.54, 1.807) is 0 Å². The third-order valence-corrected chi connectivity index (χ3v) is 3.41. The minimum atomic E-state index is 0.0281. The molecule has 1 fully saturated rings. The standard InChI is InChI=1S/C13H17ClN2O/c1-9(10-2-4-12(14)5-3-10)16-13(17)11-6-7-15-8-11/h2-5,9,11,15H,6-8H2,1H3,(H,16,17)/t9-,11?/m0/s1. The van der Waals surface area contributed by atoms with Gasteiger partial charge < -0.3 is 10.6 Å². The van der Waals surface area contributed by atoms with E-state index in [9.17, 15) is 4.79 Å². The summed E-state index contributed by atoms with van der Waals surface area (Å²) in [5, 5.41) is 6.95. The van der Waals surface area contributed by atoms with Crippen LogP contribution in [0.3, 0.4) is 0 Å². The Morgan fingerprint density at radius 2 is 2.18 bits per heavy atom. The lowest BCUT2D eigenvalue weighted by Crippen LogP contribution is -2.33. The highest BCUT2D eigenvalue weighted by Gasteiger charge is 2.23. The lowest BCUT2D eigenvalue weighted by atomic mass is 10.1. The molecule has 1 aromatic rings. The van der Waals surface area contributed by atoms with E-state index in [2.05, 4.69) is 10.6 Å². The zero-order valence-corrected chi connectivity index (χ0v) is 10.6. The van der Waals surface area contributed by atoms with Crippen LogP contribution >= 0.6 is 11.6 Å². The molecule has 0 aliphatic carbocycles. The summed E-state index contributed by atoms with van der Waals surface area (Å²) in [6.45, 7) is 3.72. The number of rotatable bonds is 3. The number of halogens is 1. The maximum atomic E-state index is 11.9. The van der Waals surface area contributed by atoms with Gasteiger partial charge in [-0.2, -0.15) is 0 Å². The van der Waals surface area contributed by atoms with Gasteiger partial charge in [0.05, 0.1) is 12.0 Å². The molecule has 1 heterocycles. The number of amides is 1. The fourth-order valence-electron chi connectivity index (χ4n) is 2.04. The molecule has 2 rings (SSSR count). The zero-order valence-electron chi connectivity index (χ0n) is 9.87. The van der Waals surface area contributed by atoms with Crippen LogP contribution in [0.25, 0.3) is 0 Å². The Labute approximate surface area is 107 Å². The van der Waals surface area contributed by atoms with E-state index in [4.69, 9.17) is 11.6 Å². The van der Waals surface area contributed by atoms with Crippen molar-refractivity contribution in [3.8, 4) is 0 Å². The summed E-state index contributed by atoms with van der Waals surface area (Å²) < 4.78 is 0. The topological polar surface area (TPSA) is 41.1 Å². The fraction of sp³-hybridized carbons (Fsp3) is 0.462. The Balaban J connectivity index is 1.93. The maximum Gasteiger partial charge on any atom is 0.224 e. The Morgan fingerprint density at radius 3 is 2.76 bits per heavy atom. The number of benzene rings is 1. The second-order valence-electron chi connectivity index (χ2n) is 4.47. The summed E-state index contributed by atoms with van der Waals surface area (Å²) in [6.07, 6.45) is 0.930. The van der Waals surface area contributed by atoms with E-state index in [0.29, 0.717) is 5.02 Å². The number of nitrogens with one attached hydrogen (secondary N) is 2. The molecule has 2 atom stereocenters. The van der Waals surface area contributed by atoms with Crippen molar-refractivity contribution in [3.05, 3.63) is 34.9 Å². The van der Waals surface area contributed by atoms with E-state index in [1.807, 2.05) is 31.2 Å². The summed E-state index contributed by atoms with van der Waals surface area (Å²) in [5.41, 5.74) is 1.08. The van der Waals surface area contributed by atoms with Gasteiger partial charge in [0.1, 0.15) is 0 Å². The minimum absolute atomic E-state index is 0.0281. The molecule has 0 spiro atoms. The molecule has 1 aromatic carbocycles. The van der Waals surface area contributed by atoms with Gasteiger partial charge >= 0.3 is 0 Å². The van der Waals surface area contributed by atoms with Gasteiger partial charge in [-0.1, -0.05) is 23.7 Å². The number of carbonyl (C=O) groups is 1. The van der Waals surface area contributed by atoms with Crippen molar-refractivity contribution < 1.29 is 4.79 Å². The van der Waals surface area contributed by atoms with Crippen LogP contribution in [0.5, 0.6) is 0 Å². The molecule has 0 saturated carbocycles. The van der Waals surface area contributed by atoms with Crippen molar-refractivity contribution in [3.63, 3.8) is 0 Å². The first-order valence-corrected chi connectivity index (χ1v) is 6.31. The van der Waals surface area contributed by atoms with Crippen LogP contribution in [-0.4, -0.2) is 19.0 Å². The van der Waals surface area contributed by atoms with Gasteiger partial charge in [-0.25, -0.2) is 0 Å². The molecule has 17 heavy (non-hydrogen) atoms. The zero-order chi connectivity index (χ0) is 12.3. The lowest BCUT2D eigenvalue weighted by Gasteiger charge is -2.17. The van der Waals surface area contributed by atoms with Crippen molar-refractivity contribution in [2.45, 2.75) is 19.4 Å². The molecule has 2 N–H and O–H groups in total. The maximum absolute atomic E-state index is 11.9. The van der Waals surface area contributed by atoms with Crippen molar-refractivity contribution in [1.29, 1.82) is 0 Å². The summed E-state index contributed by atoms with van der Waals surface area (Å²) >= 11 is 5.83. The van der Waals surface area contributed by atoms with Gasteiger partial charge in [0.25, 0.3) is 0 Å². The van der Waals surface area contributed by atoms with E-state index >= 15 is 0 Å². The van der Waals surface area contributed by atoms with Crippen LogP contribution < -0.4 is 10.6 Å². The Hall–Kier alpha value is -1.06. The summed E-state index contributed by atoms with van der Waals surface area (Å²) in [6, 6.07) is 7.61. The molecule has 0 radical (unpaired) electrons. The van der Waals surface area contributed by atoms with E-state index in [-0.39, 0.29) is 17.9 Å². The highest BCUT2D eigenvalue weighted by atomic mass is 35.5. The Bertz CT molecular complexity index is 385. The van der Waals surface area contributed by atoms with Crippen LogP contribution in [0, 0.1) is 5.92 Å². The molecule has 4 heteroatoms. The normalized spacial score (nSPS) is 21.2. The summed E-state index contributed by atoms with van der Waals surface area (Å²) in [4.78, 5) is 11.9. The van der Waals surface area contributed by atoms with Gasteiger partial charge in [0, 0.05) is 11.6 Å². The number of carbonyl (C=O) groups excluding carboxylic acids is 1. The third-order valence-electron chi connectivity index (χ3n) is 3.16. The van der Waals surface area contributed by atoms with Crippen molar-refractivity contribution in [1.82, 2.24) is 10.6 Å². The molecule has 1 amide bonds. The minimum Gasteiger partial charge on any atom is -0.349 e. The second-order valence-corrected chi connectivity index (χ2v) is 4.91. The molecule has 1 saturated heterocycles. The van der Waals surface area contributed by atoms with Crippen molar-refractivity contribution in [2.24, 2.45) is 5.92 Å². The molecular formula is C13H17ClN2O. The smallest absolute Gasteiger partial charge is 0.224 e. The molecule has 0 aromatic heterocycles. The van der Waals surface area contributed by atoms with Crippen LogP contribution in [-0.2, 0) is 4.79 Å². The van der Waals surface area contributed by atoms with E-state index in [0.717, 1.165) is 25.1 Å². The molecule has 1 unspecified atom stereocenters. The molecule has 1 aliphatic rings. The summed E-state index contributed by atoms with van der Waals surface area (Å²) in [7, 11) is 0. The monoisotopic (exact) mass is 252 g/mol. The van der Waals surface area contributed by atoms with Gasteiger partial charge in [-0.15, -0.1) is 0 Å². The lowest BCUT2D eigenvalue weighted by molar-refractivity contribution is -0.125. The first kappa shape index (κ1) is 12.4. The van der Waals surface area contributed by atoms with E-state index < -0.39 is 0 Å². The first-order chi connectivity index (χ1) is 8.16. The Kier molecular flexibility index (Phi) is 4.02.